The predicted octanol–water partition coefficient (Wildman–Crippen LogP) is 13.7. The Balaban J connectivity index is 1.36. The molecule has 0 saturated heterocycles. The molecule has 1 heteroatoms. The molecule has 0 bridgehead atoms. The van der Waals surface area contributed by atoms with Crippen molar-refractivity contribution in [1.82, 2.24) is 0 Å². The summed E-state index contributed by atoms with van der Waals surface area (Å²) < 4.78 is 50.4. The van der Waals surface area contributed by atoms with Gasteiger partial charge in [-0.3, -0.25) is 0 Å². The van der Waals surface area contributed by atoms with Gasteiger partial charge in [0.1, 0.15) is 11.2 Å². The Bertz CT molecular complexity index is 3130. The molecule has 0 aliphatic carbocycles. The van der Waals surface area contributed by atoms with E-state index in [1.807, 2.05) is 66.7 Å². The third kappa shape index (κ3) is 4.47. The van der Waals surface area contributed by atoms with Gasteiger partial charge in [0.25, 0.3) is 0 Å². The number of hydrogen-bond donors (Lipinski definition) is 0. The van der Waals surface area contributed by atoms with Gasteiger partial charge in [0.2, 0.25) is 0 Å². The largest absolute Gasteiger partial charge is 0.455 e. The molecule has 0 spiro atoms. The highest BCUT2D eigenvalue weighted by Gasteiger charge is 2.20. The molecule has 0 fully saturated rings. The van der Waals surface area contributed by atoms with E-state index < -0.39 is 6.04 Å². The van der Waals surface area contributed by atoms with Crippen LogP contribution in [-0.4, -0.2) is 0 Å². The highest BCUT2D eigenvalue weighted by molar-refractivity contribution is 6.23. The minimum Gasteiger partial charge on any atom is -0.455 e. The molecule has 1 heterocycles. The maximum Gasteiger partial charge on any atom is 0.143 e. The summed E-state index contributed by atoms with van der Waals surface area (Å²) in [6.07, 6.45) is 0. The molecule has 0 unspecified atom stereocenters. The molecule has 0 saturated carbocycles. The quantitative estimate of drug-likeness (QED) is 0.177. The number of benzene rings is 9. The van der Waals surface area contributed by atoms with Crippen molar-refractivity contribution in [3.05, 3.63) is 182 Å². The number of furan rings is 1. The summed E-state index contributed by atoms with van der Waals surface area (Å²) in [5.74, 6) is 0. The van der Waals surface area contributed by atoms with Crippen LogP contribution in [0.25, 0.3) is 98.8 Å². The van der Waals surface area contributed by atoms with Gasteiger partial charge in [-0.1, -0.05) is 158 Å². The van der Waals surface area contributed by atoms with Gasteiger partial charge in [0.15, 0.2) is 0 Å². The summed E-state index contributed by atoms with van der Waals surface area (Å²) in [6.45, 7) is 0. The standard InChI is InChI=1S/C48H30O/c1-3-13-32(14-4-1)46-40-26-24-36(35-23-22-31-12-7-8-17-34(31)28-35)29-43(40)47(33-15-5-2-6-16-33)44-30-37(25-27-41(44)46)38-19-11-20-42-39-18-9-10-21-45(39)49-48(38)42/h1-30H/i1D,3D,4D,13D,14D. The molecule has 49 heavy (non-hydrogen) atoms. The molecule has 1 aromatic heterocycles. The van der Waals surface area contributed by atoms with Crippen LogP contribution < -0.4 is 0 Å². The van der Waals surface area contributed by atoms with Crippen LogP contribution in [0.2, 0.25) is 0 Å². The SMILES string of the molecule is [2H]c1c([2H])c([2H])c(-c2c3ccc(-c4ccc5ccccc5c4)cc3c(-c3ccccc3)c3cc(-c4cccc5c4oc4ccccc45)ccc23)c([2H])c1[2H]. The Hall–Kier alpha value is -6.44. The summed E-state index contributed by atoms with van der Waals surface area (Å²) in [5.41, 5.74) is 8.37. The maximum atomic E-state index is 9.13. The van der Waals surface area contributed by atoms with Crippen LogP contribution in [0, 0.1) is 0 Å². The number of hydrogen-bond acceptors (Lipinski definition) is 1. The average molecular weight is 628 g/mol. The lowest BCUT2D eigenvalue weighted by Gasteiger charge is -2.20. The lowest BCUT2D eigenvalue weighted by atomic mass is 9.83. The molecule has 228 valence electrons. The van der Waals surface area contributed by atoms with E-state index in [-0.39, 0.29) is 29.7 Å². The van der Waals surface area contributed by atoms with Gasteiger partial charge in [-0.05, 0) is 95.5 Å². The fourth-order valence-electron chi connectivity index (χ4n) is 7.48. The Morgan fingerprint density at radius 2 is 1.00 bits per heavy atom. The molecule has 0 atom stereocenters. The first-order valence-electron chi connectivity index (χ1n) is 18.9. The van der Waals surface area contributed by atoms with E-state index in [0.717, 1.165) is 87.6 Å². The number of para-hydroxylation sites is 2. The maximum absolute atomic E-state index is 9.13. The van der Waals surface area contributed by atoms with E-state index in [0.29, 0.717) is 5.56 Å². The predicted molar refractivity (Wildman–Crippen MR) is 208 cm³/mol. The molecule has 0 radical (unpaired) electrons. The van der Waals surface area contributed by atoms with Crippen LogP contribution in [0.1, 0.15) is 6.85 Å². The van der Waals surface area contributed by atoms with Crippen molar-refractivity contribution in [2.45, 2.75) is 0 Å². The molecule has 10 aromatic rings. The highest BCUT2D eigenvalue weighted by Crippen LogP contribution is 2.46. The summed E-state index contributed by atoms with van der Waals surface area (Å²) in [7, 11) is 0. The topological polar surface area (TPSA) is 13.1 Å². The van der Waals surface area contributed by atoms with Gasteiger partial charge in [0.05, 0.1) is 6.85 Å². The normalized spacial score (nSPS) is 13.1. The highest BCUT2D eigenvalue weighted by atomic mass is 16.3. The molecule has 1 nitrogen and oxygen atoms in total. The second-order valence-corrected chi connectivity index (χ2v) is 12.5. The molecular weight excluding hydrogens is 593 g/mol. The fraction of sp³-hybridized carbons (Fsp3) is 0. The van der Waals surface area contributed by atoms with Gasteiger partial charge in [-0.15, -0.1) is 0 Å². The third-order valence-corrected chi connectivity index (χ3v) is 9.73. The zero-order valence-electron chi connectivity index (χ0n) is 31.3. The lowest BCUT2D eigenvalue weighted by molar-refractivity contribution is 0.670. The number of fused-ring (bicyclic) bond motifs is 6. The third-order valence-electron chi connectivity index (χ3n) is 9.73. The molecular formula is C48H30O. The zero-order chi connectivity index (χ0) is 36.7. The summed E-state index contributed by atoms with van der Waals surface area (Å²) in [4.78, 5) is 0. The van der Waals surface area contributed by atoms with Crippen molar-refractivity contribution in [2.24, 2.45) is 0 Å². The summed E-state index contributed by atoms with van der Waals surface area (Å²) >= 11 is 0. The van der Waals surface area contributed by atoms with Crippen molar-refractivity contribution in [3.63, 3.8) is 0 Å². The Morgan fingerprint density at radius 1 is 0.367 bits per heavy atom. The van der Waals surface area contributed by atoms with Crippen LogP contribution in [0.4, 0.5) is 0 Å². The molecule has 0 aliphatic rings. The monoisotopic (exact) mass is 627 g/mol. The van der Waals surface area contributed by atoms with E-state index in [4.69, 9.17) is 11.3 Å². The minimum atomic E-state index is -0.414. The first kappa shape index (κ1) is 23.0. The fourth-order valence-corrected chi connectivity index (χ4v) is 7.48. The van der Waals surface area contributed by atoms with Gasteiger partial charge in [0, 0.05) is 16.3 Å². The van der Waals surface area contributed by atoms with Crippen molar-refractivity contribution in [2.75, 3.05) is 0 Å². The first-order valence-corrected chi connectivity index (χ1v) is 16.4. The van der Waals surface area contributed by atoms with E-state index >= 15 is 0 Å². The van der Waals surface area contributed by atoms with E-state index in [1.165, 1.54) is 0 Å². The van der Waals surface area contributed by atoms with Crippen molar-refractivity contribution < 1.29 is 11.3 Å². The van der Waals surface area contributed by atoms with Crippen LogP contribution in [0.5, 0.6) is 0 Å². The molecule has 10 rings (SSSR count). The van der Waals surface area contributed by atoms with Crippen molar-refractivity contribution in [1.29, 1.82) is 0 Å². The first-order chi connectivity index (χ1) is 26.4. The van der Waals surface area contributed by atoms with Gasteiger partial charge >= 0.3 is 0 Å². The van der Waals surface area contributed by atoms with Gasteiger partial charge in [-0.25, -0.2) is 0 Å². The average Bonchev–Trinajstić information content (AvgIpc) is 3.61. The second kappa shape index (κ2) is 11.1. The van der Waals surface area contributed by atoms with E-state index in [9.17, 15) is 0 Å². The summed E-state index contributed by atoms with van der Waals surface area (Å²) in [5, 5.41) is 7.79. The molecule has 0 amide bonds. The zero-order valence-corrected chi connectivity index (χ0v) is 26.3. The van der Waals surface area contributed by atoms with Crippen molar-refractivity contribution >= 4 is 54.3 Å². The molecule has 0 N–H and O–H groups in total. The summed E-state index contributed by atoms with van der Waals surface area (Å²) in [6, 6.07) is 50.3. The second-order valence-electron chi connectivity index (χ2n) is 12.5. The molecule has 0 aliphatic heterocycles. The van der Waals surface area contributed by atoms with Gasteiger partial charge < -0.3 is 4.42 Å². The van der Waals surface area contributed by atoms with Crippen LogP contribution in [0.3, 0.4) is 0 Å². The number of rotatable bonds is 4. The van der Waals surface area contributed by atoms with Crippen molar-refractivity contribution in [3.8, 4) is 44.5 Å². The Labute approximate surface area is 291 Å². The van der Waals surface area contributed by atoms with Gasteiger partial charge in [-0.2, -0.15) is 0 Å². The molecule has 9 aromatic carbocycles. The van der Waals surface area contributed by atoms with E-state index in [1.54, 1.807) is 0 Å². The van der Waals surface area contributed by atoms with Crippen LogP contribution in [-0.2, 0) is 0 Å². The van der Waals surface area contributed by atoms with E-state index in [2.05, 4.69) is 84.9 Å². The Morgan fingerprint density at radius 3 is 1.84 bits per heavy atom. The van der Waals surface area contributed by atoms with Crippen LogP contribution in [0.15, 0.2) is 186 Å². The van der Waals surface area contributed by atoms with Crippen LogP contribution >= 0.6 is 0 Å². The minimum absolute atomic E-state index is 0.182. The lowest BCUT2D eigenvalue weighted by Crippen LogP contribution is -1.92. The Kier molecular flexibility index (Phi) is 5.20. The smallest absolute Gasteiger partial charge is 0.143 e.